The summed E-state index contributed by atoms with van der Waals surface area (Å²) in [6, 6.07) is 4.78. The molecule has 0 spiro atoms. The maximum absolute atomic E-state index is 11.4. The summed E-state index contributed by atoms with van der Waals surface area (Å²) in [6.45, 7) is 0.483. The molecule has 5 N–H and O–H groups in total. The minimum absolute atomic E-state index is 0.0369. The second kappa shape index (κ2) is 5.90. The molecule has 0 unspecified atom stereocenters. The summed E-state index contributed by atoms with van der Waals surface area (Å²) in [7, 11) is 3.41. The average molecular weight is 250 g/mol. The lowest BCUT2D eigenvalue weighted by Gasteiger charge is -2.12. The van der Waals surface area contributed by atoms with Crippen LogP contribution in [0.4, 0.5) is 11.4 Å². The number of nitrogens with one attached hydrogen (secondary N) is 1. The number of nitrogens with zero attached hydrogens (tertiary/aromatic N) is 1. The number of anilines is 2. The quantitative estimate of drug-likeness (QED) is 0.652. The Kier molecular flexibility index (Phi) is 4.53. The lowest BCUT2D eigenvalue weighted by molar-refractivity contribution is -0.128. The van der Waals surface area contributed by atoms with Crippen molar-refractivity contribution in [1.82, 2.24) is 4.90 Å². The van der Waals surface area contributed by atoms with E-state index in [0.717, 1.165) is 0 Å². The fraction of sp³-hybridized carbons (Fsp3) is 0.333. The van der Waals surface area contributed by atoms with Crippen LogP contribution in [-0.4, -0.2) is 37.4 Å². The highest BCUT2D eigenvalue weighted by Gasteiger charge is 2.06. The van der Waals surface area contributed by atoms with Gasteiger partial charge in [0.1, 0.15) is 0 Å². The molecule has 0 atom stereocenters. The van der Waals surface area contributed by atoms with Crippen molar-refractivity contribution < 1.29 is 9.59 Å². The molecule has 0 aliphatic heterocycles. The van der Waals surface area contributed by atoms with Gasteiger partial charge in [0.15, 0.2) is 0 Å². The predicted molar refractivity (Wildman–Crippen MR) is 71.2 cm³/mol. The molecule has 1 rings (SSSR count). The molecule has 0 radical (unpaired) electrons. The highest BCUT2D eigenvalue weighted by Crippen LogP contribution is 2.19. The molecule has 6 nitrogen and oxygen atoms in total. The van der Waals surface area contributed by atoms with E-state index in [4.69, 9.17) is 11.5 Å². The van der Waals surface area contributed by atoms with Crippen LogP contribution in [0.15, 0.2) is 18.2 Å². The van der Waals surface area contributed by atoms with Gasteiger partial charge in [0.05, 0.1) is 11.4 Å². The summed E-state index contributed by atoms with van der Waals surface area (Å²) in [5, 5.41) is 3.04. The maximum atomic E-state index is 11.4. The number of hydrogen-bond donors (Lipinski definition) is 3. The number of nitrogens with two attached hydrogens (primary N) is 2. The lowest BCUT2D eigenvalue weighted by Crippen LogP contribution is -2.24. The van der Waals surface area contributed by atoms with Crippen LogP contribution in [0.3, 0.4) is 0 Å². The number of nitrogen functional groups attached to an aromatic ring is 1. The molecule has 0 saturated heterocycles. The molecular formula is C12H18N4O2. The zero-order valence-electron chi connectivity index (χ0n) is 10.6. The molecule has 0 saturated carbocycles. The van der Waals surface area contributed by atoms with Crippen LogP contribution in [-0.2, 0) is 4.79 Å². The molecule has 0 aromatic heterocycles. The van der Waals surface area contributed by atoms with Gasteiger partial charge in [-0.05, 0) is 18.2 Å². The number of hydrogen-bond acceptors (Lipinski definition) is 4. The van der Waals surface area contributed by atoms with Crippen molar-refractivity contribution in [2.75, 3.05) is 31.7 Å². The van der Waals surface area contributed by atoms with E-state index in [1.54, 1.807) is 26.2 Å². The summed E-state index contributed by atoms with van der Waals surface area (Å²) < 4.78 is 0. The third-order valence-electron chi connectivity index (χ3n) is 2.49. The maximum Gasteiger partial charge on any atom is 0.248 e. The topological polar surface area (TPSA) is 101 Å². The van der Waals surface area contributed by atoms with E-state index in [-0.39, 0.29) is 5.91 Å². The van der Waals surface area contributed by atoms with Gasteiger partial charge in [-0.3, -0.25) is 9.59 Å². The predicted octanol–water partition coefficient (Wildman–Crippen LogP) is 0.258. The van der Waals surface area contributed by atoms with E-state index < -0.39 is 5.91 Å². The standard InChI is InChI=1S/C12H18N4O2/c1-16(2)11(17)5-6-15-10-4-3-8(12(14)18)7-9(10)13/h3-4,7,15H,5-6,13H2,1-2H3,(H2,14,18). The Hall–Kier alpha value is -2.24. The van der Waals surface area contributed by atoms with E-state index in [9.17, 15) is 9.59 Å². The van der Waals surface area contributed by atoms with Gasteiger partial charge < -0.3 is 21.7 Å². The van der Waals surface area contributed by atoms with Crippen LogP contribution in [0.2, 0.25) is 0 Å². The fourth-order valence-electron chi connectivity index (χ4n) is 1.40. The number of rotatable bonds is 5. The minimum atomic E-state index is -0.518. The summed E-state index contributed by atoms with van der Waals surface area (Å²) in [5.74, 6) is -0.481. The first-order valence-electron chi connectivity index (χ1n) is 5.55. The Morgan fingerprint density at radius 3 is 2.50 bits per heavy atom. The second-order valence-corrected chi connectivity index (χ2v) is 4.13. The first-order chi connectivity index (χ1) is 8.41. The van der Waals surface area contributed by atoms with E-state index in [1.165, 1.54) is 11.0 Å². The smallest absolute Gasteiger partial charge is 0.248 e. The number of primary amides is 1. The Morgan fingerprint density at radius 2 is 2.00 bits per heavy atom. The minimum Gasteiger partial charge on any atom is -0.397 e. The second-order valence-electron chi connectivity index (χ2n) is 4.13. The van der Waals surface area contributed by atoms with Crippen LogP contribution < -0.4 is 16.8 Å². The molecule has 6 heteroatoms. The van der Waals surface area contributed by atoms with Gasteiger partial charge in [0.25, 0.3) is 0 Å². The summed E-state index contributed by atoms with van der Waals surface area (Å²) >= 11 is 0. The van der Waals surface area contributed by atoms with Gasteiger partial charge in [0, 0.05) is 32.6 Å². The molecular weight excluding hydrogens is 232 g/mol. The highest BCUT2D eigenvalue weighted by molar-refractivity contribution is 5.94. The third-order valence-corrected chi connectivity index (χ3v) is 2.49. The van der Waals surface area contributed by atoms with E-state index in [1.807, 2.05) is 0 Å². The largest absolute Gasteiger partial charge is 0.397 e. The van der Waals surface area contributed by atoms with E-state index in [0.29, 0.717) is 29.9 Å². The van der Waals surface area contributed by atoms with Crippen molar-refractivity contribution in [3.05, 3.63) is 23.8 Å². The molecule has 18 heavy (non-hydrogen) atoms. The molecule has 1 aromatic rings. The molecule has 2 amide bonds. The van der Waals surface area contributed by atoms with Crippen molar-refractivity contribution in [3.63, 3.8) is 0 Å². The van der Waals surface area contributed by atoms with Gasteiger partial charge >= 0.3 is 0 Å². The molecule has 1 aromatic carbocycles. The van der Waals surface area contributed by atoms with Crippen LogP contribution in [0.5, 0.6) is 0 Å². The summed E-state index contributed by atoms with van der Waals surface area (Å²) in [4.78, 5) is 23.8. The van der Waals surface area contributed by atoms with Crippen molar-refractivity contribution in [2.24, 2.45) is 5.73 Å². The Morgan fingerprint density at radius 1 is 1.33 bits per heavy atom. The highest BCUT2D eigenvalue weighted by atomic mass is 16.2. The molecule has 0 aliphatic rings. The zero-order valence-corrected chi connectivity index (χ0v) is 10.6. The van der Waals surface area contributed by atoms with Gasteiger partial charge in [-0.1, -0.05) is 0 Å². The monoisotopic (exact) mass is 250 g/mol. The van der Waals surface area contributed by atoms with E-state index >= 15 is 0 Å². The third kappa shape index (κ3) is 3.65. The van der Waals surface area contributed by atoms with Crippen molar-refractivity contribution in [1.29, 1.82) is 0 Å². The number of carbonyl (C=O) groups excluding carboxylic acids is 2. The number of benzene rings is 1. The average Bonchev–Trinajstić information content (AvgIpc) is 2.30. The SMILES string of the molecule is CN(C)C(=O)CCNc1ccc(C(N)=O)cc1N. The summed E-state index contributed by atoms with van der Waals surface area (Å²) in [6.07, 6.45) is 0.379. The van der Waals surface area contributed by atoms with Gasteiger partial charge in [0.2, 0.25) is 11.8 Å². The fourth-order valence-corrected chi connectivity index (χ4v) is 1.40. The van der Waals surface area contributed by atoms with Gasteiger partial charge in [-0.2, -0.15) is 0 Å². The molecule has 0 heterocycles. The normalized spacial score (nSPS) is 9.89. The van der Waals surface area contributed by atoms with E-state index in [2.05, 4.69) is 5.32 Å². The molecule has 0 aliphatic carbocycles. The number of carbonyl (C=O) groups is 2. The first kappa shape index (κ1) is 13.8. The van der Waals surface area contributed by atoms with Gasteiger partial charge in [-0.25, -0.2) is 0 Å². The van der Waals surface area contributed by atoms with Crippen LogP contribution in [0.25, 0.3) is 0 Å². The van der Waals surface area contributed by atoms with Gasteiger partial charge in [-0.15, -0.1) is 0 Å². The van der Waals surface area contributed by atoms with Crippen LogP contribution >= 0.6 is 0 Å². The molecule has 98 valence electrons. The molecule has 0 bridgehead atoms. The van der Waals surface area contributed by atoms with Crippen molar-refractivity contribution in [2.45, 2.75) is 6.42 Å². The Bertz CT molecular complexity index is 457. The Balaban J connectivity index is 2.58. The summed E-state index contributed by atoms with van der Waals surface area (Å²) in [5.41, 5.74) is 12.4. The Labute approximate surface area is 106 Å². The molecule has 0 fully saturated rings. The van der Waals surface area contributed by atoms with Crippen LogP contribution in [0, 0.1) is 0 Å². The van der Waals surface area contributed by atoms with Crippen molar-refractivity contribution >= 4 is 23.2 Å². The van der Waals surface area contributed by atoms with Crippen molar-refractivity contribution in [3.8, 4) is 0 Å². The zero-order chi connectivity index (χ0) is 13.7. The number of amides is 2. The lowest BCUT2D eigenvalue weighted by atomic mass is 10.1. The van der Waals surface area contributed by atoms with Crippen LogP contribution in [0.1, 0.15) is 16.8 Å². The first-order valence-corrected chi connectivity index (χ1v) is 5.55.